The van der Waals surface area contributed by atoms with E-state index in [-0.39, 0.29) is 30.1 Å². The molecular formula is C20H28IN3O2. The molecular weight excluding hydrogens is 441 g/mol. The van der Waals surface area contributed by atoms with Gasteiger partial charge in [0.2, 0.25) is 0 Å². The number of halogens is 1. The molecule has 0 aromatic heterocycles. The Morgan fingerprint density at radius 3 is 2.42 bits per heavy atom. The summed E-state index contributed by atoms with van der Waals surface area (Å²) in [4.78, 5) is 4.63. The fourth-order valence-corrected chi connectivity index (χ4v) is 2.35. The summed E-state index contributed by atoms with van der Waals surface area (Å²) < 4.78 is 11.2. The van der Waals surface area contributed by atoms with Crippen LogP contribution in [0.15, 0.2) is 59.6 Å². The third kappa shape index (κ3) is 7.51. The Balaban J connectivity index is 0.00000338. The Kier molecular flexibility index (Phi) is 10.5. The molecule has 2 rings (SSSR count). The minimum Gasteiger partial charge on any atom is -0.496 e. The number of para-hydroxylation sites is 2. The predicted molar refractivity (Wildman–Crippen MR) is 118 cm³/mol. The highest BCUT2D eigenvalue weighted by molar-refractivity contribution is 14.0. The van der Waals surface area contributed by atoms with Crippen LogP contribution in [0.3, 0.4) is 0 Å². The van der Waals surface area contributed by atoms with Crippen molar-refractivity contribution in [3.8, 4) is 11.5 Å². The van der Waals surface area contributed by atoms with Gasteiger partial charge in [-0.1, -0.05) is 36.4 Å². The first-order valence-electron chi connectivity index (χ1n) is 8.58. The zero-order valence-electron chi connectivity index (χ0n) is 15.6. The van der Waals surface area contributed by atoms with Gasteiger partial charge in [-0.25, -0.2) is 4.99 Å². The molecule has 1 atom stereocenters. The minimum absolute atomic E-state index is 0. The van der Waals surface area contributed by atoms with E-state index in [2.05, 4.69) is 15.6 Å². The van der Waals surface area contributed by atoms with Gasteiger partial charge >= 0.3 is 0 Å². The molecule has 0 fully saturated rings. The van der Waals surface area contributed by atoms with Gasteiger partial charge in [-0.3, -0.25) is 0 Å². The van der Waals surface area contributed by atoms with E-state index in [4.69, 9.17) is 9.47 Å². The summed E-state index contributed by atoms with van der Waals surface area (Å²) >= 11 is 0. The highest BCUT2D eigenvalue weighted by Gasteiger charge is 2.06. The second kappa shape index (κ2) is 12.4. The van der Waals surface area contributed by atoms with Crippen molar-refractivity contribution >= 4 is 29.9 Å². The Bertz CT molecular complexity index is 665. The van der Waals surface area contributed by atoms with Crippen LogP contribution < -0.4 is 20.1 Å². The third-order valence-corrected chi connectivity index (χ3v) is 3.58. The number of nitrogens with zero attached hydrogens (tertiary/aromatic N) is 1. The molecule has 26 heavy (non-hydrogen) atoms. The molecule has 5 nitrogen and oxygen atoms in total. The topological polar surface area (TPSA) is 54.9 Å². The number of aliphatic imine (C=N–C) groups is 1. The van der Waals surface area contributed by atoms with Gasteiger partial charge in [-0.15, -0.1) is 24.0 Å². The molecule has 2 N–H and O–H groups in total. The van der Waals surface area contributed by atoms with Crippen LogP contribution in [0.2, 0.25) is 0 Å². The maximum Gasteiger partial charge on any atom is 0.191 e. The molecule has 142 valence electrons. The lowest BCUT2D eigenvalue weighted by Gasteiger charge is -2.17. The van der Waals surface area contributed by atoms with Crippen LogP contribution in [0.1, 0.15) is 19.4 Å². The van der Waals surface area contributed by atoms with E-state index < -0.39 is 0 Å². The lowest BCUT2D eigenvalue weighted by molar-refractivity contribution is 0.224. The Labute approximate surface area is 173 Å². The van der Waals surface area contributed by atoms with E-state index in [0.29, 0.717) is 13.1 Å². The van der Waals surface area contributed by atoms with Crippen LogP contribution in [0.25, 0.3) is 0 Å². The quantitative estimate of drug-likeness (QED) is 0.351. The summed E-state index contributed by atoms with van der Waals surface area (Å²) in [5, 5.41) is 6.57. The fourth-order valence-electron chi connectivity index (χ4n) is 2.35. The zero-order chi connectivity index (χ0) is 17.9. The number of ether oxygens (including phenoxy) is 2. The SMILES string of the molecule is CCNC(=NCc1ccccc1OC)NCC(C)Oc1ccccc1.I. The molecule has 0 spiro atoms. The summed E-state index contributed by atoms with van der Waals surface area (Å²) in [7, 11) is 1.68. The summed E-state index contributed by atoms with van der Waals surface area (Å²) in [5.41, 5.74) is 1.05. The summed E-state index contributed by atoms with van der Waals surface area (Å²) in [6, 6.07) is 17.7. The van der Waals surface area contributed by atoms with Crippen LogP contribution in [-0.2, 0) is 6.54 Å². The first kappa shape index (κ1) is 22.1. The molecule has 2 aromatic carbocycles. The first-order valence-corrected chi connectivity index (χ1v) is 8.58. The van der Waals surface area contributed by atoms with Crippen LogP contribution in [-0.4, -0.2) is 32.3 Å². The van der Waals surface area contributed by atoms with Gasteiger partial charge in [0, 0.05) is 12.1 Å². The van der Waals surface area contributed by atoms with E-state index in [1.165, 1.54) is 0 Å². The highest BCUT2D eigenvalue weighted by Crippen LogP contribution is 2.17. The molecule has 0 saturated carbocycles. The van der Waals surface area contributed by atoms with Crippen molar-refractivity contribution in [3.05, 3.63) is 60.2 Å². The van der Waals surface area contributed by atoms with Crippen molar-refractivity contribution in [2.24, 2.45) is 4.99 Å². The Morgan fingerprint density at radius 1 is 1.04 bits per heavy atom. The largest absolute Gasteiger partial charge is 0.496 e. The van der Waals surface area contributed by atoms with E-state index in [1.807, 2.05) is 68.4 Å². The summed E-state index contributed by atoms with van der Waals surface area (Å²) in [6.45, 7) is 6.08. The number of rotatable bonds is 8. The zero-order valence-corrected chi connectivity index (χ0v) is 17.9. The normalized spacial score (nSPS) is 11.9. The monoisotopic (exact) mass is 469 g/mol. The third-order valence-electron chi connectivity index (χ3n) is 3.58. The van der Waals surface area contributed by atoms with Gasteiger partial charge < -0.3 is 20.1 Å². The number of guanidine groups is 1. The number of nitrogens with one attached hydrogen (secondary N) is 2. The first-order chi connectivity index (χ1) is 12.2. The van der Waals surface area contributed by atoms with E-state index in [9.17, 15) is 0 Å². The van der Waals surface area contributed by atoms with Crippen molar-refractivity contribution < 1.29 is 9.47 Å². The van der Waals surface area contributed by atoms with E-state index >= 15 is 0 Å². The maximum absolute atomic E-state index is 5.88. The molecule has 1 unspecified atom stereocenters. The van der Waals surface area contributed by atoms with Crippen molar-refractivity contribution in [2.75, 3.05) is 20.2 Å². The maximum atomic E-state index is 5.88. The van der Waals surface area contributed by atoms with E-state index in [0.717, 1.165) is 29.6 Å². The number of methoxy groups -OCH3 is 1. The lowest BCUT2D eigenvalue weighted by Crippen LogP contribution is -2.41. The van der Waals surface area contributed by atoms with Gasteiger partial charge in [0.25, 0.3) is 0 Å². The molecule has 0 bridgehead atoms. The Hall–Kier alpha value is -1.96. The van der Waals surface area contributed by atoms with Crippen molar-refractivity contribution in [2.45, 2.75) is 26.5 Å². The van der Waals surface area contributed by atoms with Gasteiger partial charge in [0.15, 0.2) is 5.96 Å². The molecule has 6 heteroatoms. The van der Waals surface area contributed by atoms with Crippen molar-refractivity contribution in [1.82, 2.24) is 10.6 Å². The molecule has 0 aliphatic heterocycles. The molecule has 0 radical (unpaired) electrons. The molecule has 0 amide bonds. The molecule has 0 heterocycles. The minimum atomic E-state index is 0. The highest BCUT2D eigenvalue weighted by atomic mass is 127. The van der Waals surface area contributed by atoms with Crippen LogP contribution >= 0.6 is 24.0 Å². The van der Waals surface area contributed by atoms with Gasteiger partial charge in [0.05, 0.1) is 20.2 Å². The average Bonchev–Trinajstić information content (AvgIpc) is 2.65. The molecule has 0 saturated heterocycles. The number of hydrogen-bond donors (Lipinski definition) is 2. The fraction of sp³-hybridized carbons (Fsp3) is 0.350. The van der Waals surface area contributed by atoms with Crippen molar-refractivity contribution in [1.29, 1.82) is 0 Å². The molecule has 0 aliphatic carbocycles. The lowest BCUT2D eigenvalue weighted by atomic mass is 10.2. The molecule has 0 aliphatic rings. The summed E-state index contributed by atoms with van der Waals surface area (Å²) in [5.74, 6) is 2.48. The predicted octanol–water partition coefficient (Wildman–Crippen LogP) is 3.84. The second-order valence-electron chi connectivity index (χ2n) is 5.63. The summed E-state index contributed by atoms with van der Waals surface area (Å²) in [6.07, 6.45) is 0.0255. The number of benzene rings is 2. The van der Waals surface area contributed by atoms with E-state index in [1.54, 1.807) is 7.11 Å². The van der Waals surface area contributed by atoms with Gasteiger partial charge in [0.1, 0.15) is 17.6 Å². The van der Waals surface area contributed by atoms with Crippen LogP contribution in [0.5, 0.6) is 11.5 Å². The van der Waals surface area contributed by atoms with Gasteiger partial charge in [-0.05, 0) is 32.0 Å². The van der Waals surface area contributed by atoms with Crippen LogP contribution in [0.4, 0.5) is 0 Å². The average molecular weight is 469 g/mol. The molecule has 2 aromatic rings. The number of hydrogen-bond acceptors (Lipinski definition) is 3. The Morgan fingerprint density at radius 2 is 1.73 bits per heavy atom. The van der Waals surface area contributed by atoms with Crippen LogP contribution in [0, 0.1) is 0 Å². The second-order valence-corrected chi connectivity index (χ2v) is 5.63. The standard InChI is InChI=1S/C20H27N3O2.HI/c1-4-21-20(23-15-17-10-8-9-13-19(17)24-3)22-14-16(2)25-18-11-6-5-7-12-18;/h5-13,16H,4,14-15H2,1-3H3,(H2,21,22,23);1H. The van der Waals surface area contributed by atoms with Crippen molar-refractivity contribution in [3.63, 3.8) is 0 Å². The smallest absolute Gasteiger partial charge is 0.191 e. The van der Waals surface area contributed by atoms with Gasteiger partial charge in [-0.2, -0.15) is 0 Å².